The second kappa shape index (κ2) is 13.7. The van der Waals surface area contributed by atoms with Gasteiger partial charge in [-0.05, 0) is 111 Å². The standard InChI is InChI=1S/C54H40N2O2/c1-54(2,3)39-24-28-41(29-25-39)55(40-26-21-36(22-27-40)35-13-6-4-7-14-35)42-30-32-50-48(34-42)53(58)46-20-12-19-45-51(46)56(50)49-31-23-38(33-47(49)52(45)57)44-18-11-10-17-43(44)37-15-8-5-9-16-37/h4-34H,1-3H3. The minimum atomic E-state index is -0.0999. The summed E-state index contributed by atoms with van der Waals surface area (Å²) < 4.78 is 2.12. The number of nitrogens with zero attached hydrogens (tertiary/aromatic N) is 2. The van der Waals surface area contributed by atoms with Crippen LogP contribution < -0.4 is 15.8 Å². The Hall–Kier alpha value is -7.30. The molecule has 0 fully saturated rings. The van der Waals surface area contributed by atoms with E-state index >= 15 is 0 Å². The number of aromatic nitrogens is 1. The van der Waals surface area contributed by atoms with Crippen LogP contribution in [0.15, 0.2) is 198 Å². The van der Waals surface area contributed by atoms with Gasteiger partial charge in [-0.1, -0.05) is 142 Å². The molecule has 0 aliphatic rings. The van der Waals surface area contributed by atoms with E-state index in [1.807, 2.05) is 78.9 Å². The first-order chi connectivity index (χ1) is 28.2. The van der Waals surface area contributed by atoms with Gasteiger partial charge in [0, 0.05) is 38.6 Å². The number of benzene rings is 8. The third kappa shape index (κ3) is 5.84. The third-order valence-corrected chi connectivity index (χ3v) is 11.5. The molecule has 58 heavy (non-hydrogen) atoms. The van der Waals surface area contributed by atoms with Gasteiger partial charge in [0.15, 0.2) is 10.9 Å². The molecule has 0 aliphatic carbocycles. The molecule has 0 atom stereocenters. The second-order valence-corrected chi connectivity index (χ2v) is 16.1. The van der Waals surface area contributed by atoms with Crippen LogP contribution >= 0.6 is 0 Å². The van der Waals surface area contributed by atoms with Crippen LogP contribution in [-0.2, 0) is 5.41 Å². The maximum absolute atomic E-state index is 14.6. The van der Waals surface area contributed by atoms with E-state index in [9.17, 15) is 9.59 Å². The summed E-state index contributed by atoms with van der Waals surface area (Å²) in [6.45, 7) is 6.66. The molecule has 4 nitrogen and oxygen atoms in total. The molecule has 0 unspecified atom stereocenters. The summed E-state index contributed by atoms with van der Waals surface area (Å²) in [7, 11) is 0. The lowest BCUT2D eigenvalue weighted by Crippen LogP contribution is -2.15. The minimum absolute atomic E-state index is 0.00331. The van der Waals surface area contributed by atoms with Crippen molar-refractivity contribution in [2.24, 2.45) is 0 Å². The molecular weight excluding hydrogens is 709 g/mol. The van der Waals surface area contributed by atoms with E-state index in [2.05, 4.69) is 139 Å². The fraction of sp³-hybridized carbons (Fsp3) is 0.0741. The molecule has 10 rings (SSSR count). The average molecular weight is 749 g/mol. The Morgan fingerprint density at radius 2 is 0.862 bits per heavy atom. The Morgan fingerprint density at radius 1 is 0.397 bits per heavy atom. The summed E-state index contributed by atoms with van der Waals surface area (Å²) in [5.41, 5.74) is 12.6. The highest BCUT2D eigenvalue weighted by molar-refractivity contribution is 6.09. The number of fused-ring (bicyclic) bond motifs is 4. The predicted molar refractivity (Wildman–Crippen MR) is 243 cm³/mol. The first-order valence-corrected chi connectivity index (χ1v) is 19.8. The molecule has 0 saturated heterocycles. The lowest BCUT2D eigenvalue weighted by Gasteiger charge is -2.27. The van der Waals surface area contributed by atoms with Crippen molar-refractivity contribution in [2.45, 2.75) is 26.2 Å². The van der Waals surface area contributed by atoms with E-state index in [4.69, 9.17) is 0 Å². The number of rotatable bonds is 6. The molecule has 0 amide bonds. The molecule has 8 aromatic carbocycles. The Bertz CT molecular complexity index is 3270. The fourth-order valence-corrected chi connectivity index (χ4v) is 8.53. The highest BCUT2D eigenvalue weighted by Crippen LogP contribution is 2.39. The van der Waals surface area contributed by atoms with Gasteiger partial charge in [-0.2, -0.15) is 0 Å². The van der Waals surface area contributed by atoms with E-state index in [0.717, 1.165) is 61.5 Å². The van der Waals surface area contributed by atoms with Crippen LogP contribution in [0.3, 0.4) is 0 Å². The summed E-state index contributed by atoms with van der Waals surface area (Å²) in [6.07, 6.45) is 0. The van der Waals surface area contributed by atoms with E-state index in [1.165, 1.54) is 5.56 Å². The van der Waals surface area contributed by atoms with Crippen LogP contribution in [-0.4, -0.2) is 4.40 Å². The van der Waals surface area contributed by atoms with Crippen LogP contribution in [0.25, 0.3) is 71.5 Å². The van der Waals surface area contributed by atoms with Gasteiger partial charge in [0.2, 0.25) is 0 Å². The average Bonchev–Trinajstić information content (AvgIpc) is 3.27. The van der Waals surface area contributed by atoms with Gasteiger partial charge in [-0.25, -0.2) is 0 Å². The van der Waals surface area contributed by atoms with Crippen LogP contribution in [0.4, 0.5) is 17.1 Å². The summed E-state index contributed by atoms with van der Waals surface area (Å²) in [5.74, 6) is 0. The molecule has 0 N–H and O–H groups in total. The molecule has 0 spiro atoms. The molecule has 2 aromatic heterocycles. The first-order valence-electron chi connectivity index (χ1n) is 19.8. The zero-order valence-corrected chi connectivity index (χ0v) is 32.6. The highest BCUT2D eigenvalue weighted by atomic mass is 16.1. The molecule has 2 heterocycles. The molecule has 4 heteroatoms. The van der Waals surface area contributed by atoms with Gasteiger partial charge in [0.1, 0.15) is 0 Å². The zero-order valence-electron chi connectivity index (χ0n) is 32.6. The van der Waals surface area contributed by atoms with Crippen molar-refractivity contribution in [3.8, 4) is 33.4 Å². The van der Waals surface area contributed by atoms with Gasteiger partial charge in [0.05, 0.1) is 16.6 Å². The van der Waals surface area contributed by atoms with Crippen LogP contribution in [0.2, 0.25) is 0 Å². The third-order valence-electron chi connectivity index (χ3n) is 11.5. The van der Waals surface area contributed by atoms with Crippen molar-refractivity contribution in [2.75, 3.05) is 4.90 Å². The van der Waals surface area contributed by atoms with Gasteiger partial charge in [-0.3, -0.25) is 9.59 Å². The van der Waals surface area contributed by atoms with Gasteiger partial charge < -0.3 is 9.30 Å². The molecule has 0 aliphatic heterocycles. The minimum Gasteiger partial charge on any atom is -0.310 e. The van der Waals surface area contributed by atoms with Crippen molar-refractivity contribution in [3.63, 3.8) is 0 Å². The van der Waals surface area contributed by atoms with Crippen molar-refractivity contribution < 1.29 is 0 Å². The summed E-state index contributed by atoms with van der Waals surface area (Å²) in [6, 6.07) is 64.1. The molecule has 0 saturated carbocycles. The maximum atomic E-state index is 14.6. The van der Waals surface area contributed by atoms with Crippen LogP contribution in [0, 0.1) is 0 Å². The molecule has 0 bridgehead atoms. The SMILES string of the molecule is CC(C)(C)c1ccc(N(c2ccc(-c3ccccc3)cc2)c2ccc3c(c2)c(=O)c2cccc4c(=O)c5cc(-c6ccccc6-c6ccccc6)ccc5n3c42)cc1. The molecule has 10 aromatic rings. The number of hydrogen-bond donors (Lipinski definition) is 0. The van der Waals surface area contributed by atoms with E-state index in [1.54, 1.807) is 0 Å². The number of para-hydroxylation sites is 1. The lowest BCUT2D eigenvalue weighted by atomic mass is 9.87. The van der Waals surface area contributed by atoms with Gasteiger partial charge in [-0.15, -0.1) is 0 Å². The second-order valence-electron chi connectivity index (χ2n) is 16.1. The largest absolute Gasteiger partial charge is 0.310 e. The number of hydrogen-bond acceptors (Lipinski definition) is 3. The van der Waals surface area contributed by atoms with Crippen molar-refractivity contribution in [3.05, 3.63) is 214 Å². The quantitative estimate of drug-likeness (QED) is 0.126. The van der Waals surface area contributed by atoms with Crippen LogP contribution in [0.5, 0.6) is 0 Å². The predicted octanol–water partition coefficient (Wildman–Crippen LogP) is 13.3. The summed E-state index contributed by atoms with van der Waals surface area (Å²) >= 11 is 0. The summed E-state index contributed by atoms with van der Waals surface area (Å²) in [4.78, 5) is 31.3. The van der Waals surface area contributed by atoms with Crippen molar-refractivity contribution in [1.82, 2.24) is 4.40 Å². The molecule has 0 radical (unpaired) electrons. The Kier molecular flexibility index (Phi) is 8.31. The highest BCUT2D eigenvalue weighted by Gasteiger charge is 2.21. The fourth-order valence-electron chi connectivity index (χ4n) is 8.53. The summed E-state index contributed by atoms with van der Waals surface area (Å²) in [5, 5.41) is 2.24. The maximum Gasteiger partial charge on any atom is 0.197 e. The Labute approximate surface area is 336 Å². The molecular formula is C54H40N2O2. The normalized spacial score (nSPS) is 11.8. The first kappa shape index (κ1) is 35.1. The van der Waals surface area contributed by atoms with Crippen molar-refractivity contribution in [1.29, 1.82) is 0 Å². The molecule has 278 valence electrons. The topological polar surface area (TPSA) is 41.8 Å². The van der Waals surface area contributed by atoms with E-state index < -0.39 is 0 Å². The van der Waals surface area contributed by atoms with Crippen LogP contribution in [0.1, 0.15) is 26.3 Å². The Balaban J connectivity index is 1.18. The number of anilines is 3. The van der Waals surface area contributed by atoms with E-state index in [0.29, 0.717) is 27.1 Å². The smallest absolute Gasteiger partial charge is 0.197 e. The lowest BCUT2D eigenvalue weighted by molar-refractivity contribution is 0.590. The number of pyridine rings is 2. The Morgan fingerprint density at radius 3 is 1.47 bits per heavy atom. The zero-order chi connectivity index (χ0) is 39.5. The van der Waals surface area contributed by atoms with Crippen molar-refractivity contribution >= 4 is 55.2 Å². The van der Waals surface area contributed by atoms with Gasteiger partial charge >= 0.3 is 0 Å². The monoisotopic (exact) mass is 748 g/mol. The van der Waals surface area contributed by atoms with Gasteiger partial charge in [0.25, 0.3) is 0 Å². The van der Waals surface area contributed by atoms with E-state index in [-0.39, 0.29) is 16.3 Å².